The van der Waals surface area contributed by atoms with Gasteiger partial charge >= 0.3 is 24.7 Å². The second kappa shape index (κ2) is 13.5. The maximum Gasteiger partial charge on any atom is 0.416 e. The van der Waals surface area contributed by atoms with Crippen LogP contribution in [0, 0.1) is 0 Å². The third-order valence-electron chi connectivity index (χ3n) is 8.83. The molecule has 2 amide bonds. The van der Waals surface area contributed by atoms with Crippen molar-refractivity contribution in [2.45, 2.75) is 43.1 Å². The van der Waals surface area contributed by atoms with E-state index in [0.717, 1.165) is 4.90 Å². The molecule has 2 aliphatic heterocycles. The number of amides is 2. The van der Waals surface area contributed by atoms with Crippen molar-refractivity contribution in [1.29, 1.82) is 0 Å². The zero-order valence-corrected chi connectivity index (χ0v) is 25.6. The molecule has 2 aliphatic rings. The lowest BCUT2D eigenvalue weighted by Gasteiger charge is -2.47. The quantitative estimate of drug-likeness (QED) is 0.255. The van der Waals surface area contributed by atoms with Crippen molar-refractivity contribution in [3.05, 3.63) is 106 Å². The van der Waals surface area contributed by atoms with Gasteiger partial charge in [-0.3, -0.25) is 14.5 Å². The number of likely N-dealkylation sites (tertiary alicyclic amines) is 1. The standard InChI is InChI=1S/C33H27F12N3O2/c34-30(35,36)22-12-20(13-23(16-22)31(37,38)39)28(49)47-10-8-46(9-11-47)27-6-7-48(18-26(27)19-4-2-1-3-5-19)29(50)21-14-24(32(40,41)42)17-25(15-21)33(43,44)45/h1-5,12-17,26-27H,6-11,18H2/t26-,27-/m1/s1. The van der Waals surface area contributed by atoms with Crippen LogP contribution in [0.4, 0.5) is 52.7 Å². The van der Waals surface area contributed by atoms with Crippen LogP contribution in [0.2, 0.25) is 0 Å². The number of rotatable bonds is 4. The van der Waals surface area contributed by atoms with Crippen LogP contribution in [-0.4, -0.2) is 71.8 Å². The second-order valence-electron chi connectivity index (χ2n) is 12.0. The summed E-state index contributed by atoms with van der Waals surface area (Å²) in [5.74, 6) is -2.56. The van der Waals surface area contributed by atoms with Crippen LogP contribution in [0.15, 0.2) is 66.7 Å². The first-order chi connectivity index (χ1) is 23.1. The lowest BCUT2D eigenvalue weighted by molar-refractivity contribution is -0.144. The Bertz CT molecular complexity index is 1650. The van der Waals surface area contributed by atoms with E-state index in [2.05, 4.69) is 0 Å². The second-order valence-corrected chi connectivity index (χ2v) is 12.0. The Morgan fingerprint density at radius 1 is 0.520 bits per heavy atom. The third kappa shape index (κ3) is 8.19. The van der Waals surface area contributed by atoms with E-state index in [9.17, 15) is 62.3 Å². The van der Waals surface area contributed by atoms with Crippen LogP contribution in [0.1, 0.15) is 60.9 Å². The van der Waals surface area contributed by atoms with Crippen molar-refractivity contribution in [2.24, 2.45) is 0 Å². The number of hydrogen-bond acceptors (Lipinski definition) is 3. The van der Waals surface area contributed by atoms with Gasteiger partial charge in [0.05, 0.1) is 22.3 Å². The van der Waals surface area contributed by atoms with Gasteiger partial charge in [0.25, 0.3) is 11.8 Å². The lowest BCUT2D eigenvalue weighted by Crippen LogP contribution is -2.57. The Hall–Kier alpha value is -4.28. The predicted octanol–water partition coefficient (Wildman–Crippen LogP) is 8.22. The maximum atomic E-state index is 13.5. The topological polar surface area (TPSA) is 43.9 Å². The number of benzene rings is 3. The summed E-state index contributed by atoms with van der Waals surface area (Å²) < 4.78 is 161. The highest BCUT2D eigenvalue weighted by molar-refractivity contribution is 5.95. The molecule has 0 saturated carbocycles. The van der Waals surface area contributed by atoms with Crippen molar-refractivity contribution < 1.29 is 62.3 Å². The number of nitrogens with zero attached hydrogens (tertiary/aromatic N) is 3. The summed E-state index contributed by atoms with van der Waals surface area (Å²) in [5, 5.41) is 0. The van der Waals surface area contributed by atoms with Gasteiger partial charge in [0.2, 0.25) is 0 Å². The van der Waals surface area contributed by atoms with Gasteiger partial charge in [-0.1, -0.05) is 30.3 Å². The minimum Gasteiger partial charge on any atom is -0.338 e. The van der Waals surface area contributed by atoms with Gasteiger partial charge in [0.15, 0.2) is 0 Å². The van der Waals surface area contributed by atoms with E-state index in [1.54, 1.807) is 30.3 Å². The van der Waals surface area contributed by atoms with Crippen molar-refractivity contribution in [2.75, 3.05) is 39.3 Å². The first kappa shape index (κ1) is 37.0. The van der Waals surface area contributed by atoms with Gasteiger partial charge in [-0.2, -0.15) is 52.7 Å². The summed E-state index contributed by atoms with van der Waals surface area (Å²) in [5.41, 5.74) is -7.36. The fraction of sp³-hybridized carbons (Fsp3) is 0.394. The molecule has 0 bridgehead atoms. The van der Waals surface area contributed by atoms with E-state index in [-0.39, 0.29) is 63.9 Å². The highest BCUT2D eigenvalue weighted by Crippen LogP contribution is 2.39. The Labute approximate surface area is 277 Å². The Kier molecular flexibility index (Phi) is 9.95. The van der Waals surface area contributed by atoms with Gasteiger partial charge in [-0.25, -0.2) is 0 Å². The zero-order chi connectivity index (χ0) is 36.8. The first-order valence-corrected chi connectivity index (χ1v) is 15.1. The summed E-state index contributed by atoms with van der Waals surface area (Å²) >= 11 is 0. The summed E-state index contributed by atoms with van der Waals surface area (Å²) in [4.78, 5) is 30.8. The largest absolute Gasteiger partial charge is 0.416 e. The molecule has 3 aromatic rings. The van der Waals surface area contributed by atoms with Gasteiger partial charge in [0.1, 0.15) is 0 Å². The van der Waals surface area contributed by atoms with E-state index >= 15 is 0 Å². The fourth-order valence-corrected chi connectivity index (χ4v) is 6.37. The van der Waals surface area contributed by atoms with E-state index in [1.807, 2.05) is 4.90 Å². The van der Waals surface area contributed by atoms with Crippen molar-refractivity contribution in [3.63, 3.8) is 0 Å². The Morgan fingerprint density at radius 3 is 1.32 bits per heavy atom. The molecule has 0 spiro atoms. The summed E-state index contributed by atoms with van der Waals surface area (Å²) in [6, 6.07) is 9.59. The number of hydrogen-bond donors (Lipinski definition) is 0. The molecule has 0 radical (unpaired) electrons. The maximum absolute atomic E-state index is 13.5. The molecule has 2 saturated heterocycles. The Balaban J connectivity index is 1.35. The van der Waals surface area contributed by atoms with Crippen molar-refractivity contribution >= 4 is 11.8 Å². The molecule has 50 heavy (non-hydrogen) atoms. The average Bonchev–Trinajstić information content (AvgIpc) is 3.06. The highest BCUT2D eigenvalue weighted by Gasteiger charge is 2.42. The average molecular weight is 726 g/mol. The predicted molar refractivity (Wildman–Crippen MR) is 154 cm³/mol. The summed E-state index contributed by atoms with van der Waals surface area (Å²) in [6.07, 6.45) is -20.4. The van der Waals surface area contributed by atoms with Crippen LogP contribution in [0.3, 0.4) is 0 Å². The SMILES string of the molecule is O=C(c1cc(C(F)(F)F)cc(C(F)(F)F)c1)N1CCN([C@@H]2CCN(C(=O)c3cc(C(F)(F)F)cc(C(F)(F)F)c3)C[C@@H]2c2ccccc2)CC1. The number of halogens is 12. The zero-order valence-electron chi connectivity index (χ0n) is 25.6. The van der Waals surface area contributed by atoms with Gasteiger partial charge in [-0.05, 0) is 48.4 Å². The smallest absolute Gasteiger partial charge is 0.338 e. The first-order valence-electron chi connectivity index (χ1n) is 15.1. The van der Waals surface area contributed by atoms with E-state index < -0.39 is 75.8 Å². The van der Waals surface area contributed by atoms with Crippen LogP contribution >= 0.6 is 0 Å². The molecule has 5 nitrogen and oxygen atoms in total. The molecule has 0 N–H and O–H groups in total. The number of piperazine rings is 1. The molecule has 5 rings (SSSR count). The molecule has 3 aromatic carbocycles. The lowest BCUT2D eigenvalue weighted by atomic mass is 9.84. The molecule has 0 unspecified atom stereocenters. The molecule has 0 aromatic heterocycles. The van der Waals surface area contributed by atoms with E-state index in [4.69, 9.17) is 0 Å². The van der Waals surface area contributed by atoms with Crippen LogP contribution in [0.25, 0.3) is 0 Å². The number of piperidine rings is 1. The molecule has 2 heterocycles. The minimum atomic E-state index is -5.15. The number of carbonyl (C=O) groups excluding carboxylic acids is 2. The molecule has 2 atom stereocenters. The summed E-state index contributed by atoms with van der Waals surface area (Å²) in [7, 11) is 0. The fourth-order valence-electron chi connectivity index (χ4n) is 6.37. The monoisotopic (exact) mass is 725 g/mol. The van der Waals surface area contributed by atoms with E-state index in [1.165, 1.54) is 4.90 Å². The normalized spacial score (nSPS) is 19.8. The number of carbonyl (C=O) groups is 2. The van der Waals surface area contributed by atoms with Gasteiger partial charge in [-0.15, -0.1) is 0 Å². The summed E-state index contributed by atoms with van der Waals surface area (Å²) in [6.45, 7) is 0.00844. The van der Waals surface area contributed by atoms with Gasteiger partial charge in [0, 0.05) is 62.4 Å². The molecule has 17 heteroatoms. The van der Waals surface area contributed by atoms with Crippen LogP contribution < -0.4 is 0 Å². The van der Waals surface area contributed by atoms with Crippen LogP contribution in [0.5, 0.6) is 0 Å². The molecule has 2 fully saturated rings. The third-order valence-corrected chi connectivity index (χ3v) is 8.83. The molecular formula is C33H27F12N3O2. The molecule has 0 aliphatic carbocycles. The van der Waals surface area contributed by atoms with Crippen molar-refractivity contribution in [3.8, 4) is 0 Å². The van der Waals surface area contributed by atoms with Crippen molar-refractivity contribution in [1.82, 2.24) is 14.7 Å². The number of alkyl halides is 12. The highest BCUT2D eigenvalue weighted by atomic mass is 19.4. The van der Waals surface area contributed by atoms with E-state index in [0.29, 0.717) is 29.8 Å². The van der Waals surface area contributed by atoms with Crippen LogP contribution in [-0.2, 0) is 24.7 Å². The Morgan fingerprint density at radius 2 is 0.920 bits per heavy atom. The molecular weight excluding hydrogens is 698 g/mol. The van der Waals surface area contributed by atoms with Gasteiger partial charge < -0.3 is 9.80 Å². The minimum absolute atomic E-state index is 0.0476. The molecule has 270 valence electrons.